The topological polar surface area (TPSA) is 73.9 Å². The summed E-state index contributed by atoms with van der Waals surface area (Å²) in [5, 5.41) is 3.06. The van der Waals surface area contributed by atoms with Crippen molar-refractivity contribution in [3.8, 4) is 11.5 Å². The van der Waals surface area contributed by atoms with Gasteiger partial charge in [0.15, 0.2) is 9.84 Å². The molecular formula is C30H31ClF3NO5S. The summed E-state index contributed by atoms with van der Waals surface area (Å²) in [6, 6.07) is 22.1. The summed E-state index contributed by atoms with van der Waals surface area (Å²) in [6.07, 6.45) is -2.82. The fraction of sp³-hybridized carbons (Fsp3) is 0.400. The van der Waals surface area contributed by atoms with E-state index in [0.29, 0.717) is 41.9 Å². The standard InChI is InChI=1S/C30H30F3NO5S.ClH/c1-37-26-13-12-22(39-30(31,32)33)16-24(26)20-17-28(38-19-20)15-14-25-27(40(35,36)23-10-6-3-7-11-23)18-29(28,34-25)21-8-4-2-5-9-21;/h2-13,16,20,25,27,34H,14-15,17-19H2,1H3;1H. The van der Waals surface area contributed by atoms with Gasteiger partial charge in [0, 0.05) is 17.5 Å². The summed E-state index contributed by atoms with van der Waals surface area (Å²) >= 11 is 0. The normalized spacial score (nSPS) is 29.2. The predicted molar refractivity (Wildman–Crippen MR) is 149 cm³/mol. The molecule has 1 N–H and O–H groups in total. The second kappa shape index (κ2) is 10.8. The number of ether oxygens (including phenoxy) is 3. The first kappa shape index (κ1) is 29.7. The summed E-state index contributed by atoms with van der Waals surface area (Å²) in [6.45, 7) is 0.253. The maximum absolute atomic E-state index is 13.9. The molecule has 11 heteroatoms. The molecule has 3 saturated heterocycles. The van der Waals surface area contributed by atoms with Crippen LogP contribution >= 0.6 is 12.4 Å². The third kappa shape index (κ3) is 5.09. The lowest BCUT2D eigenvalue weighted by atomic mass is 9.67. The Bertz CT molecular complexity index is 1490. The minimum absolute atomic E-state index is 0. The fourth-order valence-electron chi connectivity index (χ4n) is 7.06. The first-order valence-corrected chi connectivity index (χ1v) is 14.8. The smallest absolute Gasteiger partial charge is 0.496 e. The van der Waals surface area contributed by atoms with Gasteiger partial charge in [0.2, 0.25) is 0 Å². The molecule has 6 rings (SSSR count). The molecule has 6 nitrogen and oxygen atoms in total. The Kier molecular flexibility index (Phi) is 7.82. The molecule has 3 aliphatic rings. The average molecular weight is 610 g/mol. The molecule has 0 aromatic heterocycles. The fourth-order valence-corrected chi connectivity index (χ4v) is 9.06. The molecule has 2 bridgehead atoms. The summed E-state index contributed by atoms with van der Waals surface area (Å²) in [5.74, 6) is -0.152. The highest BCUT2D eigenvalue weighted by Crippen LogP contribution is 2.59. The Morgan fingerprint density at radius 1 is 0.976 bits per heavy atom. The van der Waals surface area contributed by atoms with Crippen molar-refractivity contribution in [1.29, 1.82) is 0 Å². The van der Waals surface area contributed by atoms with Gasteiger partial charge in [0.25, 0.3) is 0 Å². The van der Waals surface area contributed by atoms with Gasteiger partial charge in [-0.3, -0.25) is 0 Å². The first-order valence-electron chi connectivity index (χ1n) is 13.3. The molecule has 3 aromatic rings. The van der Waals surface area contributed by atoms with Crippen LogP contribution in [0.3, 0.4) is 0 Å². The van der Waals surface area contributed by atoms with Crippen LogP contribution in [-0.4, -0.2) is 45.4 Å². The van der Waals surface area contributed by atoms with Crippen molar-refractivity contribution in [3.05, 3.63) is 90.0 Å². The van der Waals surface area contributed by atoms with Crippen molar-refractivity contribution in [2.24, 2.45) is 0 Å². The molecule has 0 amide bonds. The molecule has 5 atom stereocenters. The third-order valence-electron chi connectivity index (χ3n) is 8.77. The third-order valence-corrected chi connectivity index (χ3v) is 11.0. The van der Waals surface area contributed by atoms with Crippen LogP contribution in [0.25, 0.3) is 0 Å². The predicted octanol–water partition coefficient (Wildman–Crippen LogP) is 6.15. The maximum Gasteiger partial charge on any atom is 0.573 e. The lowest BCUT2D eigenvalue weighted by Gasteiger charge is -2.50. The Hall–Kier alpha value is -2.79. The largest absolute Gasteiger partial charge is 0.573 e. The van der Waals surface area contributed by atoms with Crippen LogP contribution in [0.15, 0.2) is 83.8 Å². The van der Waals surface area contributed by atoms with Crippen molar-refractivity contribution < 1.29 is 35.8 Å². The number of alkyl halides is 3. The number of fused-ring (bicyclic) bond motifs is 3. The van der Waals surface area contributed by atoms with Gasteiger partial charge in [-0.15, -0.1) is 25.6 Å². The number of sulfone groups is 1. The molecule has 0 aliphatic carbocycles. The molecule has 0 saturated carbocycles. The van der Waals surface area contributed by atoms with Crippen LogP contribution in [0.4, 0.5) is 13.2 Å². The molecule has 1 spiro atoms. The van der Waals surface area contributed by atoms with Gasteiger partial charge >= 0.3 is 6.36 Å². The molecule has 3 heterocycles. The number of hydrogen-bond acceptors (Lipinski definition) is 6. The van der Waals surface area contributed by atoms with E-state index >= 15 is 0 Å². The summed E-state index contributed by atoms with van der Waals surface area (Å²) < 4.78 is 83.1. The molecule has 41 heavy (non-hydrogen) atoms. The van der Waals surface area contributed by atoms with Crippen molar-refractivity contribution in [2.75, 3.05) is 13.7 Å². The Balaban J connectivity index is 0.00000337. The Labute approximate surface area is 243 Å². The number of methoxy groups -OCH3 is 1. The van der Waals surface area contributed by atoms with Gasteiger partial charge in [0.1, 0.15) is 11.5 Å². The van der Waals surface area contributed by atoms with Crippen LogP contribution in [0.1, 0.15) is 42.7 Å². The minimum Gasteiger partial charge on any atom is -0.496 e. The van der Waals surface area contributed by atoms with E-state index < -0.39 is 32.6 Å². The first-order chi connectivity index (χ1) is 19.1. The van der Waals surface area contributed by atoms with Crippen LogP contribution in [0.2, 0.25) is 0 Å². The van der Waals surface area contributed by atoms with Crippen molar-refractivity contribution in [2.45, 2.75) is 65.3 Å². The van der Waals surface area contributed by atoms with Gasteiger partial charge in [-0.2, -0.15) is 0 Å². The zero-order valence-electron chi connectivity index (χ0n) is 22.3. The highest BCUT2D eigenvalue weighted by molar-refractivity contribution is 7.92. The van der Waals surface area contributed by atoms with E-state index in [4.69, 9.17) is 9.47 Å². The maximum atomic E-state index is 13.9. The van der Waals surface area contributed by atoms with Crippen LogP contribution in [0.5, 0.6) is 11.5 Å². The van der Waals surface area contributed by atoms with Gasteiger partial charge in [-0.1, -0.05) is 48.5 Å². The van der Waals surface area contributed by atoms with Gasteiger partial charge in [0.05, 0.1) is 35.0 Å². The Morgan fingerprint density at radius 2 is 1.66 bits per heavy atom. The number of nitrogens with one attached hydrogen (secondary N) is 1. The zero-order valence-corrected chi connectivity index (χ0v) is 23.9. The van der Waals surface area contributed by atoms with Crippen LogP contribution in [-0.2, 0) is 20.1 Å². The van der Waals surface area contributed by atoms with E-state index in [1.165, 1.54) is 25.3 Å². The molecule has 3 aliphatic heterocycles. The summed E-state index contributed by atoms with van der Waals surface area (Å²) in [4.78, 5) is 0.294. The lowest BCUT2D eigenvalue weighted by molar-refractivity contribution is -0.274. The van der Waals surface area contributed by atoms with Crippen molar-refractivity contribution >= 4 is 22.2 Å². The van der Waals surface area contributed by atoms with E-state index in [-0.39, 0.29) is 36.7 Å². The molecule has 0 radical (unpaired) electrons. The summed E-state index contributed by atoms with van der Waals surface area (Å²) in [5.41, 5.74) is -0.0705. The minimum atomic E-state index is -4.82. The van der Waals surface area contributed by atoms with Crippen molar-refractivity contribution in [1.82, 2.24) is 5.32 Å². The van der Waals surface area contributed by atoms with E-state index in [0.717, 1.165) is 5.56 Å². The number of hydrogen-bond donors (Lipinski definition) is 1. The SMILES string of the molecule is COc1ccc(OC(F)(F)F)cc1C1COC2(CCC3NC2(c2ccccc2)CC3S(=O)(=O)c2ccccc2)C1.Cl. The van der Waals surface area contributed by atoms with Crippen LogP contribution < -0.4 is 14.8 Å². The van der Waals surface area contributed by atoms with Gasteiger partial charge in [-0.05, 0) is 61.6 Å². The quantitative estimate of drug-likeness (QED) is 0.361. The van der Waals surface area contributed by atoms with Crippen LogP contribution in [0, 0.1) is 0 Å². The molecular weight excluding hydrogens is 579 g/mol. The van der Waals surface area contributed by atoms with Gasteiger partial charge < -0.3 is 19.5 Å². The van der Waals surface area contributed by atoms with E-state index in [9.17, 15) is 21.6 Å². The highest BCUT2D eigenvalue weighted by Gasteiger charge is 2.66. The number of piperidine rings is 1. The van der Waals surface area contributed by atoms with Gasteiger partial charge in [-0.25, -0.2) is 8.42 Å². The lowest BCUT2D eigenvalue weighted by Crippen LogP contribution is -2.62. The molecule has 3 aromatic carbocycles. The number of rotatable bonds is 6. The van der Waals surface area contributed by atoms with E-state index in [1.807, 2.05) is 30.3 Å². The summed E-state index contributed by atoms with van der Waals surface area (Å²) in [7, 11) is -2.17. The molecule has 3 fully saturated rings. The number of halogens is 4. The number of benzene rings is 3. The second-order valence-electron chi connectivity index (χ2n) is 10.8. The van der Waals surface area contributed by atoms with E-state index in [1.54, 1.807) is 30.3 Å². The molecule has 220 valence electrons. The second-order valence-corrected chi connectivity index (χ2v) is 13.0. The zero-order chi connectivity index (χ0) is 28.2. The average Bonchev–Trinajstić information content (AvgIpc) is 3.53. The van der Waals surface area contributed by atoms with E-state index in [2.05, 4.69) is 10.1 Å². The van der Waals surface area contributed by atoms with Crippen molar-refractivity contribution in [3.63, 3.8) is 0 Å². The monoisotopic (exact) mass is 609 g/mol. The Morgan fingerprint density at radius 3 is 2.32 bits per heavy atom. The molecule has 5 unspecified atom stereocenters. The highest BCUT2D eigenvalue weighted by atomic mass is 35.5.